The van der Waals surface area contributed by atoms with Gasteiger partial charge in [0.15, 0.2) is 6.29 Å². The van der Waals surface area contributed by atoms with Gasteiger partial charge >= 0.3 is 5.97 Å². The lowest BCUT2D eigenvalue weighted by atomic mass is 10.0. The number of aldehydes is 1. The highest BCUT2D eigenvalue weighted by Gasteiger charge is 2.20. The number of rotatable bonds is 6. The fourth-order valence-electron chi connectivity index (χ4n) is 2.78. The highest BCUT2D eigenvalue weighted by Crippen LogP contribution is 2.36. The molecule has 6 heteroatoms. The van der Waals surface area contributed by atoms with Crippen molar-refractivity contribution >= 4 is 23.2 Å². The standard InChI is InChI=1S/C20H17FO5/c1-11(2)25-17-9-15-16(10-22)20(12-3-5-14(21)6-4-12)26-18(15)7-13(17)8-19(23)24/h3-7,9-11H,8H2,1-2H3,(H,23,24). The summed E-state index contributed by atoms with van der Waals surface area (Å²) in [6.45, 7) is 3.66. The smallest absolute Gasteiger partial charge is 0.307 e. The van der Waals surface area contributed by atoms with E-state index in [-0.39, 0.29) is 12.5 Å². The third-order valence-electron chi connectivity index (χ3n) is 3.84. The number of furan rings is 1. The molecule has 0 saturated carbocycles. The monoisotopic (exact) mass is 356 g/mol. The van der Waals surface area contributed by atoms with E-state index in [0.29, 0.717) is 45.5 Å². The second-order valence-corrected chi connectivity index (χ2v) is 6.16. The number of aliphatic carboxylic acids is 1. The maximum atomic E-state index is 13.2. The molecular formula is C20H17FO5. The summed E-state index contributed by atoms with van der Waals surface area (Å²) < 4.78 is 24.7. The van der Waals surface area contributed by atoms with Crippen molar-refractivity contribution in [2.24, 2.45) is 0 Å². The van der Waals surface area contributed by atoms with Gasteiger partial charge in [-0.25, -0.2) is 4.39 Å². The van der Waals surface area contributed by atoms with E-state index in [4.69, 9.17) is 14.3 Å². The first-order valence-corrected chi connectivity index (χ1v) is 8.08. The number of carboxylic acid groups (broad SMARTS) is 1. The number of fused-ring (bicyclic) bond motifs is 1. The second-order valence-electron chi connectivity index (χ2n) is 6.16. The van der Waals surface area contributed by atoms with Gasteiger partial charge in [-0.2, -0.15) is 0 Å². The molecule has 26 heavy (non-hydrogen) atoms. The minimum absolute atomic E-state index is 0.164. The molecule has 0 amide bonds. The molecule has 3 rings (SSSR count). The van der Waals surface area contributed by atoms with Crippen LogP contribution in [-0.2, 0) is 11.2 Å². The van der Waals surface area contributed by atoms with Gasteiger partial charge in [0.25, 0.3) is 0 Å². The number of halogens is 1. The van der Waals surface area contributed by atoms with Gasteiger partial charge in [0, 0.05) is 16.5 Å². The highest BCUT2D eigenvalue weighted by atomic mass is 19.1. The van der Waals surface area contributed by atoms with Crippen molar-refractivity contribution in [3.63, 3.8) is 0 Å². The first-order chi connectivity index (χ1) is 12.4. The van der Waals surface area contributed by atoms with Crippen molar-refractivity contribution in [1.82, 2.24) is 0 Å². The van der Waals surface area contributed by atoms with Crippen molar-refractivity contribution in [1.29, 1.82) is 0 Å². The van der Waals surface area contributed by atoms with Gasteiger partial charge in [-0.05, 0) is 50.2 Å². The Morgan fingerprint density at radius 2 is 1.96 bits per heavy atom. The van der Waals surface area contributed by atoms with Crippen LogP contribution in [0.5, 0.6) is 5.75 Å². The summed E-state index contributed by atoms with van der Waals surface area (Å²) in [5.41, 5.74) is 1.69. The Morgan fingerprint density at radius 1 is 1.27 bits per heavy atom. The van der Waals surface area contributed by atoms with Crippen molar-refractivity contribution in [3.05, 3.63) is 53.3 Å². The van der Waals surface area contributed by atoms with E-state index in [1.165, 1.54) is 24.3 Å². The van der Waals surface area contributed by atoms with Gasteiger partial charge in [-0.3, -0.25) is 9.59 Å². The van der Waals surface area contributed by atoms with Crippen molar-refractivity contribution in [3.8, 4) is 17.1 Å². The molecule has 0 aliphatic heterocycles. The first-order valence-electron chi connectivity index (χ1n) is 8.08. The zero-order valence-electron chi connectivity index (χ0n) is 14.3. The Balaban J connectivity index is 2.21. The van der Waals surface area contributed by atoms with E-state index in [2.05, 4.69) is 0 Å². The highest BCUT2D eigenvalue weighted by molar-refractivity contribution is 6.03. The summed E-state index contributed by atoms with van der Waals surface area (Å²) in [6.07, 6.45) is 0.268. The molecule has 0 aliphatic carbocycles. The summed E-state index contributed by atoms with van der Waals surface area (Å²) in [5, 5.41) is 9.65. The molecule has 0 bridgehead atoms. The maximum absolute atomic E-state index is 13.2. The van der Waals surface area contributed by atoms with Crippen LogP contribution in [0, 0.1) is 5.82 Å². The lowest BCUT2D eigenvalue weighted by molar-refractivity contribution is -0.136. The molecule has 1 aromatic heterocycles. The van der Waals surface area contributed by atoms with Gasteiger partial charge in [0.05, 0.1) is 18.1 Å². The van der Waals surface area contributed by atoms with E-state index in [0.717, 1.165) is 0 Å². The van der Waals surface area contributed by atoms with Crippen LogP contribution in [0.3, 0.4) is 0 Å². The van der Waals surface area contributed by atoms with Gasteiger partial charge < -0.3 is 14.3 Å². The summed E-state index contributed by atoms with van der Waals surface area (Å²) in [5.74, 6) is -0.699. The van der Waals surface area contributed by atoms with Crippen molar-refractivity contribution in [2.75, 3.05) is 0 Å². The molecule has 0 saturated heterocycles. The zero-order chi connectivity index (χ0) is 18.8. The van der Waals surface area contributed by atoms with E-state index >= 15 is 0 Å². The summed E-state index contributed by atoms with van der Waals surface area (Å²) >= 11 is 0. The molecule has 134 valence electrons. The van der Waals surface area contributed by atoms with E-state index in [9.17, 15) is 14.0 Å². The Hall–Kier alpha value is -3.15. The topological polar surface area (TPSA) is 76.7 Å². The summed E-state index contributed by atoms with van der Waals surface area (Å²) in [4.78, 5) is 22.8. The molecule has 1 heterocycles. The number of carboxylic acids is 1. The fourth-order valence-corrected chi connectivity index (χ4v) is 2.78. The number of carbonyl (C=O) groups is 2. The van der Waals surface area contributed by atoms with Crippen LogP contribution in [0.4, 0.5) is 4.39 Å². The van der Waals surface area contributed by atoms with Crippen LogP contribution < -0.4 is 4.74 Å². The van der Waals surface area contributed by atoms with Crippen LogP contribution in [0.2, 0.25) is 0 Å². The molecule has 5 nitrogen and oxygen atoms in total. The molecule has 0 atom stereocenters. The van der Waals surface area contributed by atoms with E-state index in [1.54, 1.807) is 12.1 Å². The molecule has 3 aromatic rings. The van der Waals surface area contributed by atoms with Crippen LogP contribution in [0.25, 0.3) is 22.3 Å². The summed E-state index contributed by atoms with van der Waals surface area (Å²) in [7, 11) is 0. The number of hydrogen-bond acceptors (Lipinski definition) is 4. The Labute approximate surface area is 149 Å². The Morgan fingerprint density at radius 3 is 2.54 bits per heavy atom. The molecular weight excluding hydrogens is 339 g/mol. The summed E-state index contributed by atoms with van der Waals surface area (Å²) in [6, 6.07) is 8.78. The van der Waals surface area contributed by atoms with Gasteiger partial charge in [0.1, 0.15) is 22.9 Å². The average molecular weight is 356 g/mol. The average Bonchev–Trinajstić information content (AvgIpc) is 2.92. The lowest BCUT2D eigenvalue weighted by Crippen LogP contribution is -2.09. The van der Waals surface area contributed by atoms with Crippen LogP contribution in [0.15, 0.2) is 40.8 Å². The Bertz CT molecular complexity index is 970. The molecule has 1 N–H and O–H groups in total. The van der Waals surface area contributed by atoms with Crippen molar-refractivity contribution in [2.45, 2.75) is 26.4 Å². The molecule has 2 aromatic carbocycles. The molecule has 0 fully saturated rings. The van der Waals surface area contributed by atoms with Gasteiger partial charge in [-0.15, -0.1) is 0 Å². The first kappa shape index (κ1) is 17.7. The molecule has 0 aliphatic rings. The zero-order valence-corrected chi connectivity index (χ0v) is 14.3. The SMILES string of the molecule is CC(C)Oc1cc2c(C=O)c(-c3ccc(F)cc3)oc2cc1CC(=O)O. The largest absolute Gasteiger partial charge is 0.491 e. The molecule has 0 radical (unpaired) electrons. The van der Waals surface area contributed by atoms with E-state index in [1.807, 2.05) is 13.8 Å². The number of hydrogen-bond donors (Lipinski definition) is 1. The minimum Gasteiger partial charge on any atom is -0.491 e. The lowest BCUT2D eigenvalue weighted by Gasteiger charge is -2.13. The quantitative estimate of drug-likeness (QED) is 0.660. The van der Waals surface area contributed by atoms with Crippen molar-refractivity contribution < 1.29 is 28.2 Å². The number of benzene rings is 2. The third kappa shape index (κ3) is 3.44. The Kier molecular flexibility index (Phi) is 4.75. The number of carbonyl (C=O) groups excluding carboxylic acids is 1. The maximum Gasteiger partial charge on any atom is 0.307 e. The van der Waals surface area contributed by atoms with Gasteiger partial charge in [0.2, 0.25) is 0 Å². The molecule has 0 spiro atoms. The third-order valence-corrected chi connectivity index (χ3v) is 3.84. The number of ether oxygens (including phenoxy) is 1. The van der Waals surface area contributed by atoms with Crippen LogP contribution in [0.1, 0.15) is 29.8 Å². The normalized spacial score (nSPS) is 11.1. The van der Waals surface area contributed by atoms with E-state index < -0.39 is 11.8 Å². The van der Waals surface area contributed by atoms with Crippen LogP contribution >= 0.6 is 0 Å². The fraction of sp³-hybridized carbons (Fsp3) is 0.200. The second kappa shape index (κ2) is 7.00. The van der Waals surface area contributed by atoms with Crippen LogP contribution in [-0.4, -0.2) is 23.5 Å². The molecule has 0 unspecified atom stereocenters. The van der Waals surface area contributed by atoms with Gasteiger partial charge in [-0.1, -0.05) is 0 Å². The predicted molar refractivity (Wildman–Crippen MR) is 94.1 cm³/mol. The predicted octanol–water partition coefficient (Wildman–Crippen LogP) is 4.47. The minimum atomic E-state index is -1.00.